The number of nitrogens with one attached hydrogen (secondary N) is 1. The first-order chi connectivity index (χ1) is 10.5. The summed E-state index contributed by atoms with van der Waals surface area (Å²) in [7, 11) is 0. The average Bonchev–Trinajstić information content (AvgIpc) is 2.52. The van der Waals surface area contributed by atoms with Gasteiger partial charge in [0.1, 0.15) is 11.6 Å². The van der Waals surface area contributed by atoms with Gasteiger partial charge in [0, 0.05) is 16.2 Å². The second-order valence-corrected chi connectivity index (χ2v) is 7.03. The molecule has 1 aromatic carbocycles. The Morgan fingerprint density at radius 2 is 2.00 bits per heavy atom. The fraction of sp³-hybridized carbons (Fsp3) is 0.312. The summed E-state index contributed by atoms with van der Waals surface area (Å²) in [6.45, 7) is 4.37. The van der Waals surface area contributed by atoms with Gasteiger partial charge < -0.3 is 4.98 Å². The van der Waals surface area contributed by atoms with E-state index in [0.29, 0.717) is 16.8 Å². The number of aromatic amines is 1. The highest BCUT2D eigenvalue weighted by Gasteiger charge is 2.13. The highest BCUT2D eigenvalue weighted by atomic mass is 32.2. The van der Waals surface area contributed by atoms with Crippen LogP contribution in [0.25, 0.3) is 11.3 Å². The molecular formula is C16H17N3OS2. The number of aromatic nitrogens is 2. The van der Waals surface area contributed by atoms with Gasteiger partial charge in [0.05, 0.1) is 5.69 Å². The third-order valence-corrected chi connectivity index (χ3v) is 4.93. The molecule has 0 unspecified atom stereocenters. The van der Waals surface area contributed by atoms with Crippen LogP contribution in [-0.2, 0) is 0 Å². The topological polar surface area (TPSA) is 69.5 Å². The van der Waals surface area contributed by atoms with E-state index in [-0.39, 0.29) is 5.56 Å². The van der Waals surface area contributed by atoms with Crippen LogP contribution < -0.4 is 5.56 Å². The van der Waals surface area contributed by atoms with E-state index in [0.717, 1.165) is 11.3 Å². The van der Waals surface area contributed by atoms with Crippen molar-refractivity contribution in [2.75, 3.05) is 12.0 Å². The molecule has 0 bridgehead atoms. The van der Waals surface area contributed by atoms with E-state index in [1.54, 1.807) is 11.8 Å². The number of benzene rings is 1. The van der Waals surface area contributed by atoms with Crippen molar-refractivity contribution < 1.29 is 0 Å². The Balaban J connectivity index is 2.38. The van der Waals surface area contributed by atoms with Crippen molar-refractivity contribution in [2.45, 2.75) is 23.9 Å². The van der Waals surface area contributed by atoms with Gasteiger partial charge in [-0.25, -0.2) is 4.98 Å². The molecule has 1 heterocycles. The lowest BCUT2D eigenvalue weighted by atomic mass is 10.1. The molecule has 0 saturated carbocycles. The van der Waals surface area contributed by atoms with Crippen molar-refractivity contribution in [3.05, 3.63) is 40.2 Å². The lowest BCUT2D eigenvalue weighted by molar-refractivity contribution is 0.750. The molecule has 0 radical (unpaired) electrons. The van der Waals surface area contributed by atoms with Crippen LogP contribution in [0.2, 0.25) is 0 Å². The van der Waals surface area contributed by atoms with Crippen molar-refractivity contribution in [1.82, 2.24) is 9.97 Å². The fourth-order valence-corrected chi connectivity index (χ4v) is 3.07. The van der Waals surface area contributed by atoms with Crippen LogP contribution in [-0.4, -0.2) is 22.0 Å². The first-order valence-corrected chi connectivity index (χ1v) is 9.07. The van der Waals surface area contributed by atoms with Gasteiger partial charge in [0.2, 0.25) is 0 Å². The van der Waals surface area contributed by atoms with Crippen molar-refractivity contribution in [1.29, 1.82) is 5.26 Å². The molecule has 0 spiro atoms. The van der Waals surface area contributed by atoms with E-state index >= 15 is 0 Å². The number of hydrogen-bond acceptors (Lipinski definition) is 5. The molecule has 1 aromatic heterocycles. The number of rotatable bonds is 5. The lowest BCUT2D eigenvalue weighted by Gasteiger charge is -2.07. The maximum atomic E-state index is 11.9. The molecule has 0 aliphatic carbocycles. The Hall–Kier alpha value is -1.71. The number of nitriles is 1. The molecule has 2 aromatic rings. The normalized spacial score (nSPS) is 10.7. The minimum atomic E-state index is -0.393. The van der Waals surface area contributed by atoms with Crippen LogP contribution in [0, 0.1) is 17.2 Å². The van der Waals surface area contributed by atoms with Gasteiger partial charge in [-0.15, -0.1) is 11.8 Å². The fourth-order valence-electron chi connectivity index (χ4n) is 1.83. The average molecular weight is 331 g/mol. The molecule has 0 fully saturated rings. The summed E-state index contributed by atoms with van der Waals surface area (Å²) < 4.78 is 0. The van der Waals surface area contributed by atoms with E-state index < -0.39 is 5.56 Å². The Labute approximate surface area is 138 Å². The van der Waals surface area contributed by atoms with Gasteiger partial charge in [-0.1, -0.05) is 37.7 Å². The molecule has 0 aliphatic rings. The minimum absolute atomic E-state index is 0.0559. The zero-order chi connectivity index (χ0) is 16.1. The molecule has 0 saturated heterocycles. The SMILES string of the molecule is CSc1nc(-c2ccc(SCC(C)C)cc2)c(C#N)c(=O)[nH]1. The third-order valence-electron chi connectivity index (χ3n) is 2.91. The summed E-state index contributed by atoms with van der Waals surface area (Å²) in [6, 6.07) is 9.78. The van der Waals surface area contributed by atoms with Gasteiger partial charge in [-0.2, -0.15) is 5.26 Å². The van der Waals surface area contributed by atoms with Gasteiger partial charge >= 0.3 is 0 Å². The molecule has 0 amide bonds. The molecule has 0 atom stereocenters. The molecule has 6 heteroatoms. The molecular weight excluding hydrogens is 314 g/mol. The van der Waals surface area contributed by atoms with Crippen LogP contribution in [0.15, 0.2) is 39.1 Å². The van der Waals surface area contributed by atoms with Gasteiger partial charge in [0.15, 0.2) is 5.16 Å². The van der Waals surface area contributed by atoms with Crippen molar-refractivity contribution in [2.24, 2.45) is 5.92 Å². The summed E-state index contributed by atoms with van der Waals surface area (Å²) in [5.41, 5.74) is 0.887. The van der Waals surface area contributed by atoms with Crippen LogP contribution in [0.3, 0.4) is 0 Å². The maximum absolute atomic E-state index is 11.9. The zero-order valence-corrected chi connectivity index (χ0v) is 14.3. The third kappa shape index (κ3) is 3.93. The monoisotopic (exact) mass is 331 g/mol. The molecule has 4 nitrogen and oxygen atoms in total. The van der Waals surface area contributed by atoms with Gasteiger partial charge in [0.25, 0.3) is 5.56 Å². The van der Waals surface area contributed by atoms with Crippen molar-refractivity contribution in [3.63, 3.8) is 0 Å². The first kappa shape index (κ1) is 16.7. The predicted octanol–water partition coefficient (Wildman–Crippen LogP) is 3.78. The summed E-state index contributed by atoms with van der Waals surface area (Å²) in [4.78, 5) is 20.1. The van der Waals surface area contributed by atoms with Gasteiger partial charge in [-0.05, 0) is 24.3 Å². The van der Waals surface area contributed by atoms with Crippen LogP contribution in [0.4, 0.5) is 0 Å². The second-order valence-electron chi connectivity index (χ2n) is 5.14. The quantitative estimate of drug-likeness (QED) is 0.667. The molecule has 0 aliphatic heterocycles. The van der Waals surface area contributed by atoms with E-state index in [4.69, 9.17) is 0 Å². The smallest absolute Gasteiger partial charge is 0.270 e. The highest BCUT2D eigenvalue weighted by Crippen LogP contribution is 2.26. The molecule has 1 N–H and O–H groups in total. The standard InChI is InChI=1S/C16H17N3OS2/c1-10(2)9-22-12-6-4-11(5-7-12)14-13(8-17)15(20)19-16(18-14)21-3/h4-7,10H,9H2,1-3H3,(H,18,19,20). The second kappa shape index (κ2) is 7.52. The number of hydrogen-bond donors (Lipinski definition) is 1. The zero-order valence-electron chi connectivity index (χ0n) is 12.7. The summed E-state index contributed by atoms with van der Waals surface area (Å²) in [5, 5.41) is 9.71. The molecule has 2 rings (SSSR count). The Morgan fingerprint density at radius 3 is 2.55 bits per heavy atom. The van der Waals surface area contributed by atoms with E-state index in [1.165, 1.54) is 16.7 Å². The Kier molecular flexibility index (Phi) is 5.69. The number of thioether (sulfide) groups is 2. The van der Waals surface area contributed by atoms with E-state index in [9.17, 15) is 10.1 Å². The number of nitrogens with zero attached hydrogens (tertiary/aromatic N) is 2. The molecule has 22 heavy (non-hydrogen) atoms. The van der Waals surface area contributed by atoms with Crippen molar-refractivity contribution in [3.8, 4) is 17.3 Å². The summed E-state index contributed by atoms with van der Waals surface area (Å²) in [6.07, 6.45) is 1.83. The summed E-state index contributed by atoms with van der Waals surface area (Å²) >= 11 is 3.14. The first-order valence-electron chi connectivity index (χ1n) is 6.86. The van der Waals surface area contributed by atoms with Gasteiger partial charge in [-0.3, -0.25) is 4.79 Å². The number of H-pyrrole nitrogens is 1. The molecule has 114 valence electrons. The minimum Gasteiger partial charge on any atom is -0.300 e. The Morgan fingerprint density at radius 1 is 1.32 bits per heavy atom. The van der Waals surface area contributed by atoms with Crippen LogP contribution >= 0.6 is 23.5 Å². The van der Waals surface area contributed by atoms with Crippen LogP contribution in [0.5, 0.6) is 0 Å². The predicted molar refractivity (Wildman–Crippen MR) is 92.4 cm³/mol. The van der Waals surface area contributed by atoms with E-state index in [1.807, 2.05) is 36.6 Å². The maximum Gasteiger partial charge on any atom is 0.270 e. The van der Waals surface area contributed by atoms with Crippen molar-refractivity contribution >= 4 is 23.5 Å². The lowest BCUT2D eigenvalue weighted by Crippen LogP contribution is -2.14. The van der Waals surface area contributed by atoms with E-state index in [2.05, 4.69) is 23.8 Å². The Bertz CT molecular complexity index is 745. The van der Waals surface area contributed by atoms with Crippen LogP contribution in [0.1, 0.15) is 19.4 Å². The largest absolute Gasteiger partial charge is 0.300 e. The summed E-state index contributed by atoms with van der Waals surface area (Å²) in [5.74, 6) is 1.69. The highest BCUT2D eigenvalue weighted by molar-refractivity contribution is 7.99.